The van der Waals surface area contributed by atoms with Crippen LogP contribution >= 0.6 is 11.6 Å². The monoisotopic (exact) mass is 349 g/mol. The molecule has 1 aromatic carbocycles. The van der Waals surface area contributed by atoms with Gasteiger partial charge in [-0.15, -0.1) is 5.10 Å². The fourth-order valence-electron chi connectivity index (χ4n) is 2.84. The molecule has 0 fully saturated rings. The van der Waals surface area contributed by atoms with Crippen molar-refractivity contribution in [3.63, 3.8) is 0 Å². The molecule has 0 saturated carbocycles. The first kappa shape index (κ1) is 18.5. The van der Waals surface area contributed by atoms with Crippen LogP contribution in [0.2, 0.25) is 5.02 Å². The molecule has 1 heterocycles. The van der Waals surface area contributed by atoms with Crippen molar-refractivity contribution in [3.8, 4) is 17.4 Å². The van der Waals surface area contributed by atoms with Crippen molar-refractivity contribution < 1.29 is 9.53 Å². The number of carbonyl (C=O) groups is 1. The average Bonchev–Trinajstić information content (AvgIpc) is 2.90. The van der Waals surface area contributed by atoms with E-state index in [1.165, 1.54) is 11.8 Å². The average molecular weight is 350 g/mol. The number of ether oxygens (including phenoxy) is 1. The molecule has 2 rings (SSSR count). The van der Waals surface area contributed by atoms with Crippen molar-refractivity contribution in [2.75, 3.05) is 7.11 Å². The van der Waals surface area contributed by atoms with Crippen LogP contribution in [0.1, 0.15) is 45.3 Å². The Labute approximate surface area is 148 Å². The maximum atomic E-state index is 12.7. The highest BCUT2D eigenvalue weighted by molar-refractivity contribution is 6.30. The van der Waals surface area contributed by atoms with Crippen molar-refractivity contribution in [3.05, 3.63) is 29.3 Å². The maximum Gasteiger partial charge on any atom is 0.336 e. The van der Waals surface area contributed by atoms with E-state index in [1.54, 1.807) is 12.1 Å². The van der Waals surface area contributed by atoms with Crippen LogP contribution in [0.5, 0.6) is 6.01 Å². The third-order valence-corrected chi connectivity index (χ3v) is 3.84. The van der Waals surface area contributed by atoms with Crippen LogP contribution in [0, 0.1) is 11.3 Å². The molecule has 5 nitrogen and oxygen atoms in total. The molecule has 0 radical (unpaired) electrons. The highest BCUT2D eigenvalue weighted by Gasteiger charge is 2.22. The first-order valence-electron chi connectivity index (χ1n) is 8.00. The zero-order chi connectivity index (χ0) is 17.9. The van der Waals surface area contributed by atoms with Crippen molar-refractivity contribution in [2.45, 2.75) is 40.5 Å². The van der Waals surface area contributed by atoms with E-state index in [0.717, 1.165) is 12.0 Å². The van der Waals surface area contributed by atoms with E-state index in [4.69, 9.17) is 16.3 Å². The molecule has 0 aliphatic carbocycles. The number of aromatic nitrogens is 3. The second kappa shape index (κ2) is 7.34. The molecule has 2 aromatic rings. The molecule has 1 atom stereocenters. The van der Waals surface area contributed by atoms with Gasteiger partial charge in [-0.1, -0.05) is 39.3 Å². The number of hydrogen-bond acceptors (Lipinski definition) is 4. The quantitative estimate of drug-likeness (QED) is 0.784. The van der Waals surface area contributed by atoms with Gasteiger partial charge in [0.1, 0.15) is 0 Å². The molecule has 0 spiro atoms. The summed E-state index contributed by atoms with van der Waals surface area (Å²) < 4.78 is 6.43. The Morgan fingerprint density at radius 3 is 2.46 bits per heavy atom. The standard InChI is InChI=1S/C18H24ClN3O2/c1-12(11-18(2,3)4)10-15(23)22-16(20-17(21-22)24-5)13-6-8-14(19)9-7-13/h6-9,12H,10-11H2,1-5H3. The Hall–Kier alpha value is -1.88. The maximum absolute atomic E-state index is 12.7. The molecule has 130 valence electrons. The van der Waals surface area contributed by atoms with Crippen molar-refractivity contribution in [2.24, 2.45) is 11.3 Å². The van der Waals surface area contributed by atoms with Crippen molar-refractivity contribution in [1.82, 2.24) is 14.8 Å². The molecule has 1 aromatic heterocycles. The van der Waals surface area contributed by atoms with Gasteiger partial charge < -0.3 is 4.74 Å². The molecule has 0 saturated heterocycles. The smallest absolute Gasteiger partial charge is 0.336 e. The van der Waals surface area contributed by atoms with Gasteiger partial charge in [0.25, 0.3) is 0 Å². The van der Waals surface area contributed by atoms with Gasteiger partial charge in [0.05, 0.1) is 7.11 Å². The Balaban J connectivity index is 2.27. The number of methoxy groups -OCH3 is 1. The molecule has 0 N–H and O–H groups in total. The normalized spacial score (nSPS) is 12.9. The second-order valence-corrected chi connectivity index (χ2v) is 7.75. The summed E-state index contributed by atoms with van der Waals surface area (Å²) in [6, 6.07) is 7.32. The summed E-state index contributed by atoms with van der Waals surface area (Å²) in [7, 11) is 1.48. The minimum Gasteiger partial charge on any atom is -0.466 e. The van der Waals surface area contributed by atoms with Gasteiger partial charge >= 0.3 is 6.01 Å². The minimum absolute atomic E-state index is 0.0903. The molecule has 0 amide bonds. The van der Waals surface area contributed by atoms with E-state index in [0.29, 0.717) is 17.3 Å². The highest BCUT2D eigenvalue weighted by Crippen LogP contribution is 2.27. The zero-order valence-corrected chi connectivity index (χ0v) is 15.6. The lowest BCUT2D eigenvalue weighted by Crippen LogP contribution is -2.20. The molecule has 1 unspecified atom stereocenters. The number of nitrogens with zero attached hydrogens (tertiary/aromatic N) is 3. The van der Waals surface area contributed by atoms with Crippen molar-refractivity contribution >= 4 is 17.5 Å². The Kier molecular flexibility index (Phi) is 5.65. The van der Waals surface area contributed by atoms with Crippen LogP contribution in [0.4, 0.5) is 0 Å². The summed E-state index contributed by atoms with van der Waals surface area (Å²) in [6.07, 6.45) is 1.37. The minimum atomic E-state index is -0.0903. The lowest BCUT2D eigenvalue weighted by molar-refractivity contribution is 0.0856. The first-order chi connectivity index (χ1) is 11.2. The van der Waals surface area contributed by atoms with Crippen LogP contribution in [0.15, 0.2) is 24.3 Å². The van der Waals surface area contributed by atoms with Crippen LogP contribution in [0.25, 0.3) is 11.4 Å². The van der Waals surface area contributed by atoms with Crippen molar-refractivity contribution in [1.29, 1.82) is 0 Å². The number of rotatable bonds is 5. The van der Waals surface area contributed by atoms with Gasteiger partial charge in [-0.25, -0.2) is 0 Å². The van der Waals surface area contributed by atoms with E-state index in [-0.39, 0.29) is 23.3 Å². The SMILES string of the molecule is COc1nc(-c2ccc(Cl)cc2)n(C(=O)CC(C)CC(C)(C)C)n1. The number of halogens is 1. The van der Waals surface area contributed by atoms with Gasteiger partial charge in [0, 0.05) is 17.0 Å². The Morgan fingerprint density at radius 1 is 1.29 bits per heavy atom. The number of hydrogen-bond donors (Lipinski definition) is 0. The fourth-order valence-corrected chi connectivity index (χ4v) is 2.97. The summed E-state index contributed by atoms with van der Waals surface area (Å²) in [5.41, 5.74) is 0.950. The number of benzene rings is 1. The van der Waals surface area contributed by atoms with Gasteiger partial charge in [-0.05, 0) is 42.0 Å². The number of carbonyl (C=O) groups excluding carboxylic acids is 1. The van der Waals surface area contributed by atoms with E-state index in [2.05, 4.69) is 37.8 Å². The predicted octanol–water partition coefficient (Wildman–Crippen LogP) is 4.71. The molecule has 0 aliphatic rings. The Morgan fingerprint density at radius 2 is 1.92 bits per heavy atom. The van der Waals surface area contributed by atoms with E-state index in [9.17, 15) is 4.79 Å². The summed E-state index contributed by atoms with van der Waals surface area (Å²) in [5.74, 6) is 0.634. The Bertz CT molecular complexity index is 702. The zero-order valence-electron chi connectivity index (χ0n) is 14.8. The summed E-state index contributed by atoms with van der Waals surface area (Å²) in [6.45, 7) is 8.60. The summed E-state index contributed by atoms with van der Waals surface area (Å²) >= 11 is 5.93. The van der Waals surface area contributed by atoms with Crippen LogP contribution in [-0.2, 0) is 0 Å². The summed E-state index contributed by atoms with van der Waals surface area (Å²) in [4.78, 5) is 17.0. The van der Waals surface area contributed by atoms with E-state index in [1.807, 2.05) is 12.1 Å². The van der Waals surface area contributed by atoms with Gasteiger partial charge in [-0.3, -0.25) is 4.79 Å². The largest absolute Gasteiger partial charge is 0.466 e. The predicted molar refractivity (Wildman–Crippen MR) is 95.5 cm³/mol. The van der Waals surface area contributed by atoms with Gasteiger partial charge in [-0.2, -0.15) is 9.67 Å². The van der Waals surface area contributed by atoms with Crippen LogP contribution < -0.4 is 4.74 Å². The fraction of sp³-hybridized carbons (Fsp3) is 0.500. The topological polar surface area (TPSA) is 57.0 Å². The highest BCUT2D eigenvalue weighted by atomic mass is 35.5. The lowest BCUT2D eigenvalue weighted by atomic mass is 9.84. The lowest BCUT2D eigenvalue weighted by Gasteiger charge is -2.22. The second-order valence-electron chi connectivity index (χ2n) is 7.31. The van der Waals surface area contributed by atoms with Crippen LogP contribution in [-0.4, -0.2) is 27.8 Å². The summed E-state index contributed by atoms with van der Waals surface area (Å²) in [5, 5.41) is 4.80. The first-order valence-corrected chi connectivity index (χ1v) is 8.37. The third kappa shape index (κ3) is 4.81. The molecule has 0 bridgehead atoms. The van der Waals surface area contributed by atoms with E-state index >= 15 is 0 Å². The molecule has 6 heteroatoms. The van der Waals surface area contributed by atoms with Gasteiger partial charge in [0.15, 0.2) is 5.82 Å². The van der Waals surface area contributed by atoms with E-state index < -0.39 is 0 Å². The molecular formula is C18H24ClN3O2. The molecular weight excluding hydrogens is 326 g/mol. The van der Waals surface area contributed by atoms with Gasteiger partial charge in [0.2, 0.25) is 5.91 Å². The molecule has 0 aliphatic heterocycles. The third-order valence-electron chi connectivity index (χ3n) is 3.59. The molecule has 24 heavy (non-hydrogen) atoms. The van der Waals surface area contributed by atoms with Crippen LogP contribution in [0.3, 0.4) is 0 Å².